The van der Waals surface area contributed by atoms with Crippen LogP contribution >= 0.6 is 0 Å². The Bertz CT molecular complexity index is 1260. The van der Waals surface area contributed by atoms with Crippen LogP contribution in [0, 0.1) is 0 Å². The van der Waals surface area contributed by atoms with E-state index in [1.165, 1.54) is 0 Å². The third-order valence-corrected chi connectivity index (χ3v) is 5.49. The quantitative estimate of drug-likeness (QED) is 0.413. The normalized spacial score (nSPS) is 11.6. The molecule has 0 unspecified atom stereocenters. The molecule has 164 valence electrons. The lowest BCUT2D eigenvalue weighted by Crippen LogP contribution is -2.34. The number of nitrogens with zero attached hydrogens (tertiary/aromatic N) is 6. The molecule has 0 saturated heterocycles. The second kappa shape index (κ2) is 8.78. The first-order valence-electron chi connectivity index (χ1n) is 10.7. The predicted molar refractivity (Wildman–Crippen MR) is 126 cm³/mol. The first-order valence-corrected chi connectivity index (χ1v) is 10.7. The Kier molecular flexibility index (Phi) is 5.90. The van der Waals surface area contributed by atoms with Crippen molar-refractivity contribution in [3.63, 3.8) is 0 Å². The highest BCUT2D eigenvalue weighted by atomic mass is 16.1. The second-order valence-electron chi connectivity index (χ2n) is 8.83. The van der Waals surface area contributed by atoms with Gasteiger partial charge in [-0.3, -0.25) is 9.13 Å². The minimum Gasteiger partial charge on any atom is -0.294 e. The van der Waals surface area contributed by atoms with Crippen molar-refractivity contribution >= 4 is 0 Å². The summed E-state index contributed by atoms with van der Waals surface area (Å²) in [7, 11) is 0. The number of hydrogen-bond donors (Lipinski definition) is 0. The van der Waals surface area contributed by atoms with Crippen molar-refractivity contribution in [1.29, 1.82) is 0 Å². The number of benzene rings is 2. The summed E-state index contributed by atoms with van der Waals surface area (Å²) in [5.74, 6) is 0. The van der Waals surface area contributed by atoms with Gasteiger partial charge in [-0.15, -0.1) is 11.7 Å². The van der Waals surface area contributed by atoms with E-state index in [1.807, 2.05) is 66.4 Å². The molecule has 0 saturated carbocycles. The second-order valence-corrected chi connectivity index (χ2v) is 8.83. The molecule has 0 aliphatic rings. The van der Waals surface area contributed by atoms with E-state index in [0.29, 0.717) is 6.54 Å². The summed E-state index contributed by atoms with van der Waals surface area (Å²) in [6, 6.07) is 16.3. The number of hydrogen-bond acceptors (Lipinski definition) is 4. The minimum absolute atomic E-state index is 0.0182. The van der Waals surface area contributed by atoms with E-state index in [0.717, 1.165) is 40.9 Å². The van der Waals surface area contributed by atoms with Gasteiger partial charge in [0.25, 0.3) is 0 Å². The van der Waals surface area contributed by atoms with Crippen LogP contribution in [0.25, 0.3) is 16.8 Å². The van der Waals surface area contributed by atoms with E-state index in [1.54, 1.807) is 11.0 Å². The van der Waals surface area contributed by atoms with Gasteiger partial charge in [-0.2, -0.15) is 4.68 Å². The number of tetrazole rings is 1. The molecular formula is C25H28N6O. The van der Waals surface area contributed by atoms with Crippen molar-refractivity contribution in [1.82, 2.24) is 29.3 Å². The Morgan fingerprint density at radius 2 is 1.81 bits per heavy atom. The molecule has 32 heavy (non-hydrogen) atoms. The predicted octanol–water partition coefficient (Wildman–Crippen LogP) is 4.21. The molecule has 0 N–H and O–H groups in total. The van der Waals surface area contributed by atoms with Gasteiger partial charge in [0.05, 0.1) is 12.2 Å². The Hall–Kier alpha value is -3.74. The van der Waals surface area contributed by atoms with Crippen LogP contribution in [0.1, 0.15) is 38.4 Å². The molecule has 2 aromatic carbocycles. The Morgan fingerprint density at radius 3 is 2.47 bits per heavy atom. The number of para-hydroxylation sites is 1. The monoisotopic (exact) mass is 428 g/mol. The molecular weight excluding hydrogens is 400 g/mol. The van der Waals surface area contributed by atoms with E-state index in [2.05, 4.69) is 46.4 Å². The third-order valence-electron chi connectivity index (χ3n) is 5.49. The van der Waals surface area contributed by atoms with Crippen LogP contribution in [0.15, 0.2) is 78.5 Å². The van der Waals surface area contributed by atoms with E-state index in [9.17, 15) is 4.79 Å². The number of aromatic nitrogens is 6. The fourth-order valence-corrected chi connectivity index (χ4v) is 3.79. The van der Waals surface area contributed by atoms with Gasteiger partial charge >= 0.3 is 5.69 Å². The molecule has 0 bridgehead atoms. The van der Waals surface area contributed by atoms with Gasteiger partial charge in [-0.1, -0.05) is 48.5 Å². The number of rotatable bonds is 7. The van der Waals surface area contributed by atoms with Crippen LogP contribution in [0.2, 0.25) is 0 Å². The molecule has 4 aromatic rings. The highest BCUT2D eigenvalue weighted by Crippen LogP contribution is 2.26. The summed E-state index contributed by atoms with van der Waals surface area (Å²) in [5.41, 5.74) is 4.86. The van der Waals surface area contributed by atoms with E-state index >= 15 is 0 Å². The molecule has 0 fully saturated rings. The SMILES string of the molecule is C=CCCc1cn(C(C)(C)C)c(=O)n1Cc1ccc(-c2ccccc2-n2cnnn2)cc1. The number of allylic oxidation sites excluding steroid dienone is 1. The molecule has 0 amide bonds. The van der Waals surface area contributed by atoms with Crippen molar-refractivity contribution in [3.8, 4) is 16.8 Å². The van der Waals surface area contributed by atoms with Gasteiger partial charge in [0.2, 0.25) is 0 Å². The molecule has 0 atom stereocenters. The maximum atomic E-state index is 13.1. The van der Waals surface area contributed by atoms with Gasteiger partial charge in [0.15, 0.2) is 0 Å². The topological polar surface area (TPSA) is 70.5 Å². The van der Waals surface area contributed by atoms with Crippen LogP contribution < -0.4 is 5.69 Å². The lowest BCUT2D eigenvalue weighted by atomic mass is 10.0. The molecule has 7 nitrogen and oxygen atoms in total. The number of aryl methyl sites for hydroxylation is 1. The molecule has 0 aliphatic heterocycles. The summed E-state index contributed by atoms with van der Waals surface area (Å²) in [6.07, 6.45) is 7.09. The Morgan fingerprint density at radius 1 is 1.06 bits per heavy atom. The highest BCUT2D eigenvalue weighted by molar-refractivity contribution is 5.72. The summed E-state index contributed by atoms with van der Waals surface area (Å²) in [6.45, 7) is 10.5. The van der Waals surface area contributed by atoms with Crippen LogP contribution in [0.5, 0.6) is 0 Å². The molecule has 4 rings (SSSR count). The zero-order valence-electron chi connectivity index (χ0n) is 18.8. The minimum atomic E-state index is -0.269. The fraction of sp³-hybridized carbons (Fsp3) is 0.280. The molecule has 0 spiro atoms. The molecule has 0 aliphatic carbocycles. The molecule has 7 heteroatoms. The first-order chi connectivity index (χ1) is 15.4. The zero-order valence-corrected chi connectivity index (χ0v) is 18.8. The van der Waals surface area contributed by atoms with Gasteiger partial charge < -0.3 is 0 Å². The van der Waals surface area contributed by atoms with E-state index in [-0.39, 0.29) is 11.2 Å². The third kappa shape index (κ3) is 4.32. The number of imidazole rings is 1. The van der Waals surface area contributed by atoms with Crippen LogP contribution in [-0.2, 0) is 18.5 Å². The Balaban J connectivity index is 1.65. The lowest BCUT2D eigenvalue weighted by Gasteiger charge is -2.19. The summed E-state index contributed by atoms with van der Waals surface area (Å²) in [4.78, 5) is 13.1. The lowest BCUT2D eigenvalue weighted by molar-refractivity contribution is 0.380. The van der Waals surface area contributed by atoms with Crippen LogP contribution in [-0.4, -0.2) is 29.3 Å². The molecule has 2 heterocycles. The summed E-state index contributed by atoms with van der Waals surface area (Å²) >= 11 is 0. The van der Waals surface area contributed by atoms with Gasteiger partial charge in [-0.05, 0) is 61.2 Å². The molecule has 0 radical (unpaired) electrons. The van der Waals surface area contributed by atoms with Gasteiger partial charge in [0.1, 0.15) is 6.33 Å². The average Bonchev–Trinajstić information content (AvgIpc) is 3.42. The smallest absolute Gasteiger partial charge is 0.294 e. The van der Waals surface area contributed by atoms with Crippen molar-refractivity contribution in [2.45, 2.75) is 45.7 Å². The standard InChI is InChI=1S/C25H28N6O/c1-5-6-9-21-17-30(25(2,3)4)24(32)29(21)16-19-12-14-20(15-13-19)22-10-7-8-11-23(22)31-18-26-27-28-31/h5,7-8,10-15,17-18H,1,6,9,16H2,2-4H3. The summed E-state index contributed by atoms with van der Waals surface area (Å²) in [5, 5.41) is 11.5. The average molecular weight is 429 g/mol. The van der Waals surface area contributed by atoms with Crippen molar-refractivity contribution < 1.29 is 0 Å². The first kappa shape index (κ1) is 21.5. The van der Waals surface area contributed by atoms with Gasteiger partial charge in [0, 0.05) is 23.0 Å². The van der Waals surface area contributed by atoms with Crippen LogP contribution in [0.3, 0.4) is 0 Å². The maximum absolute atomic E-state index is 13.1. The fourth-order valence-electron chi connectivity index (χ4n) is 3.79. The van der Waals surface area contributed by atoms with E-state index < -0.39 is 0 Å². The largest absolute Gasteiger partial charge is 0.329 e. The summed E-state index contributed by atoms with van der Waals surface area (Å²) < 4.78 is 5.35. The van der Waals surface area contributed by atoms with E-state index in [4.69, 9.17) is 0 Å². The van der Waals surface area contributed by atoms with Crippen LogP contribution in [0.4, 0.5) is 0 Å². The molecule has 2 aromatic heterocycles. The maximum Gasteiger partial charge on any atom is 0.329 e. The Labute approximate surface area is 187 Å². The van der Waals surface area contributed by atoms with Crippen molar-refractivity contribution in [2.24, 2.45) is 0 Å². The van der Waals surface area contributed by atoms with Crippen molar-refractivity contribution in [3.05, 3.63) is 95.5 Å². The van der Waals surface area contributed by atoms with Crippen molar-refractivity contribution in [2.75, 3.05) is 0 Å². The zero-order chi connectivity index (χ0) is 22.7. The highest BCUT2D eigenvalue weighted by Gasteiger charge is 2.20. The van der Waals surface area contributed by atoms with Gasteiger partial charge in [-0.25, -0.2) is 4.79 Å².